The Hall–Kier alpha value is -2.08. The van der Waals surface area contributed by atoms with E-state index in [0.717, 1.165) is 19.4 Å². The number of para-hydroxylation sites is 1. The molecule has 2 heterocycles. The summed E-state index contributed by atoms with van der Waals surface area (Å²) in [6.45, 7) is 2.00. The second-order valence-corrected chi connectivity index (χ2v) is 6.30. The van der Waals surface area contributed by atoms with E-state index in [1.165, 1.54) is 6.33 Å². The third-order valence-corrected chi connectivity index (χ3v) is 4.50. The second kappa shape index (κ2) is 8.15. The van der Waals surface area contributed by atoms with Crippen molar-refractivity contribution in [3.05, 3.63) is 41.9 Å². The van der Waals surface area contributed by atoms with Crippen LogP contribution in [0.3, 0.4) is 0 Å². The van der Waals surface area contributed by atoms with Gasteiger partial charge in [0.15, 0.2) is 0 Å². The molecule has 6 nitrogen and oxygen atoms in total. The summed E-state index contributed by atoms with van der Waals surface area (Å²) in [4.78, 5) is 18.3. The fraction of sp³-hybridized carbons (Fsp3) is 0.471. The van der Waals surface area contributed by atoms with Crippen molar-refractivity contribution in [3.8, 4) is 5.75 Å². The third-order valence-electron chi connectivity index (χ3n) is 4.19. The Labute approximate surface area is 146 Å². The summed E-state index contributed by atoms with van der Waals surface area (Å²) in [6, 6.07) is 7.59. The first-order valence-corrected chi connectivity index (χ1v) is 8.61. The predicted octanol–water partition coefficient (Wildman–Crippen LogP) is 2.95. The van der Waals surface area contributed by atoms with Crippen molar-refractivity contribution >= 4 is 17.5 Å². The first-order chi connectivity index (χ1) is 11.7. The number of likely N-dealkylation sites (tertiary alicyclic amines) is 1. The van der Waals surface area contributed by atoms with Gasteiger partial charge in [-0.3, -0.25) is 4.79 Å². The molecule has 2 aromatic rings. The largest absolute Gasteiger partial charge is 0.492 e. The molecule has 1 amide bonds. The number of carbonyl (C=O) groups is 1. The first kappa shape index (κ1) is 16.8. The normalized spacial score (nSPS) is 17.7. The Morgan fingerprint density at radius 3 is 3.04 bits per heavy atom. The molecule has 1 fully saturated rings. The van der Waals surface area contributed by atoms with Crippen molar-refractivity contribution < 1.29 is 9.53 Å². The van der Waals surface area contributed by atoms with E-state index in [-0.39, 0.29) is 11.9 Å². The molecule has 0 N–H and O–H groups in total. The van der Waals surface area contributed by atoms with Crippen molar-refractivity contribution in [2.45, 2.75) is 31.7 Å². The number of ether oxygens (including phenoxy) is 1. The van der Waals surface area contributed by atoms with Crippen LogP contribution in [0.25, 0.3) is 0 Å². The van der Waals surface area contributed by atoms with E-state index in [1.54, 1.807) is 12.4 Å². The summed E-state index contributed by atoms with van der Waals surface area (Å²) in [7, 11) is 0. The van der Waals surface area contributed by atoms with Gasteiger partial charge in [-0.05, 0) is 31.4 Å². The van der Waals surface area contributed by atoms with E-state index in [4.69, 9.17) is 16.3 Å². The monoisotopic (exact) mass is 348 g/mol. The Kier molecular flexibility index (Phi) is 5.69. The van der Waals surface area contributed by atoms with Crippen LogP contribution in [0.5, 0.6) is 5.75 Å². The van der Waals surface area contributed by atoms with Gasteiger partial charge in [0.05, 0.1) is 17.7 Å². The third kappa shape index (κ3) is 4.26. The molecule has 1 aromatic heterocycles. The lowest BCUT2D eigenvalue weighted by Gasteiger charge is -2.32. The first-order valence-electron chi connectivity index (χ1n) is 8.23. The average Bonchev–Trinajstić information content (AvgIpc) is 3.15. The molecule has 24 heavy (non-hydrogen) atoms. The van der Waals surface area contributed by atoms with Crippen LogP contribution >= 0.6 is 11.6 Å². The SMILES string of the molecule is O=C(CCCOc1ccccc1Cl)N1CCC[C@@H](n2cncn2)C1. The van der Waals surface area contributed by atoms with Crippen molar-refractivity contribution in [1.82, 2.24) is 19.7 Å². The molecule has 3 rings (SSSR count). The van der Waals surface area contributed by atoms with Crippen LogP contribution in [-0.4, -0.2) is 45.3 Å². The lowest BCUT2D eigenvalue weighted by atomic mass is 10.1. The van der Waals surface area contributed by atoms with Crippen molar-refractivity contribution in [3.63, 3.8) is 0 Å². The Balaban J connectivity index is 1.42. The van der Waals surface area contributed by atoms with E-state index in [2.05, 4.69) is 10.1 Å². The van der Waals surface area contributed by atoms with Crippen LogP contribution in [0.4, 0.5) is 0 Å². The highest BCUT2D eigenvalue weighted by Crippen LogP contribution is 2.24. The summed E-state index contributed by atoms with van der Waals surface area (Å²) in [5.41, 5.74) is 0. The van der Waals surface area contributed by atoms with E-state index in [1.807, 2.05) is 27.8 Å². The van der Waals surface area contributed by atoms with E-state index < -0.39 is 0 Å². The van der Waals surface area contributed by atoms with Crippen molar-refractivity contribution in [2.24, 2.45) is 0 Å². The lowest BCUT2D eigenvalue weighted by Crippen LogP contribution is -2.40. The minimum absolute atomic E-state index is 0.169. The molecule has 128 valence electrons. The fourth-order valence-electron chi connectivity index (χ4n) is 2.93. The van der Waals surface area contributed by atoms with Gasteiger partial charge in [-0.1, -0.05) is 23.7 Å². The van der Waals surface area contributed by atoms with Crippen molar-refractivity contribution in [2.75, 3.05) is 19.7 Å². The number of benzene rings is 1. The molecule has 7 heteroatoms. The fourth-order valence-corrected chi connectivity index (χ4v) is 3.12. The lowest BCUT2D eigenvalue weighted by molar-refractivity contribution is -0.133. The minimum Gasteiger partial charge on any atom is -0.492 e. The number of aromatic nitrogens is 3. The summed E-state index contributed by atoms with van der Waals surface area (Å²) < 4.78 is 7.48. The minimum atomic E-state index is 0.169. The van der Waals surface area contributed by atoms with Crippen LogP contribution < -0.4 is 4.74 Å². The quantitative estimate of drug-likeness (QED) is 0.753. The maximum absolute atomic E-state index is 12.4. The number of halogens is 1. The Morgan fingerprint density at radius 1 is 1.38 bits per heavy atom. The molecule has 1 atom stereocenters. The zero-order chi connectivity index (χ0) is 16.8. The van der Waals surface area contributed by atoms with E-state index in [9.17, 15) is 4.79 Å². The molecule has 1 aliphatic rings. The molecule has 1 aliphatic heterocycles. The van der Waals surface area contributed by atoms with Gasteiger partial charge in [0.2, 0.25) is 5.91 Å². The summed E-state index contributed by atoms with van der Waals surface area (Å²) in [5, 5.41) is 4.78. The van der Waals surface area contributed by atoms with E-state index in [0.29, 0.717) is 36.8 Å². The molecule has 0 radical (unpaired) electrons. The molecule has 0 aliphatic carbocycles. The molecule has 1 aromatic carbocycles. The number of rotatable bonds is 6. The second-order valence-electron chi connectivity index (χ2n) is 5.89. The van der Waals surface area contributed by atoms with Gasteiger partial charge in [-0.2, -0.15) is 5.10 Å². The molecule has 1 saturated heterocycles. The number of carbonyl (C=O) groups excluding carboxylic acids is 1. The topological polar surface area (TPSA) is 60.2 Å². The van der Waals surface area contributed by atoms with Crippen LogP contribution in [0.1, 0.15) is 31.7 Å². The number of piperidine rings is 1. The van der Waals surface area contributed by atoms with Gasteiger partial charge in [0.1, 0.15) is 18.4 Å². The molecular weight excluding hydrogens is 328 g/mol. The van der Waals surface area contributed by atoms with Gasteiger partial charge >= 0.3 is 0 Å². The van der Waals surface area contributed by atoms with Crippen LogP contribution in [0, 0.1) is 0 Å². The number of nitrogens with zero attached hydrogens (tertiary/aromatic N) is 4. The Bertz CT molecular complexity index is 662. The predicted molar refractivity (Wildman–Crippen MR) is 91.1 cm³/mol. The maximum atomic E-state index is 12.4. The smallest absolute Gasteiger partial charge is 0.222 e. The standard InChI is InChI=1S/C17H21ClN4O2/c18-15-6-1-2-7-16(15)24-10-4-8-17(23)21-9-3-5-14(11-21)22-13-19-12-20-22/h1-2,6-7,12-14H,3-5,8-11H2/t14-/m1/s1. The zero-order valence-electron chi connectivity index (χ0n) is 13.5. The summed E-state index contributed by atoms with van der Waals surface area (Å²) in [5.74, 6) is 0.832. The maximum Gasteiger partial charge on any atom is 0.222 e. The Morgan fingerprint density at radius 2 is 2.25 bits per heavy atom. The highest BCUT2D eigenvalue weighted by atomic mass is 35.5. The average molecular weight is 349 g/mol. The van der Waals surface area contributed by atoms with Gasteiger partial charge in [0, 0.05) is 19.5 Å². The van der Waals surface area contributed by atoms with Gasteiger partial charge in [-0.15, -0.1) is 0 Å². The molecular formula is C17H21ClN4O2. The molecule has 0 spiro atoms. The van der Waals surface area contributed by atoms with Gasteiger partial charge in [-0.25, -0.2) is 9.67 Å². The number of hydrogen-bond donors (Lipinski definition) is 0. The van der Waals surface area contributed by atoms with Gasteiger partial charge in [0.25, 0.3) is 0 Å². The number of amides is 1. The van der Waals surface area contributed by atoms with E-state index >= 15 is 0 Å². The highest BCUT2D eigenvalue weighted by molar-refractivity contribution is 6.32. The van der Waals surface area contributed by atoms with Crippen molar-refractivity contribution in [1.29, 1.82) is 0 Å². The molecule has 0 saturated carbocycles. The van der Waals surface area contributed by atoms with Crippen LogP contribution in [0.2, 0.25) is 5.02 Å². The summed E-state index contributed by atoms with van der Waals surface area (Å²) >= 11 is 6.04. The van der Waals surface area contributed by atoms with Crippen LogP contribution in [-0.2, 0) is 4.79 Å². The van der Waals surface area contributed by atoms with Crippen LogP contribution in [0.15, 0.2) is 36.9 Å². The number of hydrogen-bond acceptors (Lipinski definition) is 4. The highest BCUT2D eigenvalue weighted by Gasteiger charge is 2.24. The molecule has 0 bridgehead atoms. The zero-order valence-corrected chi connectivity index (χ0v) is 14.2. The molecule has 0 unspecified atom stereocenters. The summed E-state index contributed by atoms with van der Waals surface area (Å²) in [6.07, 6.45) is 6.43. The van der Waals surface area contributed by atoms with Gasteiger partial charge < -0.3 is 9.64 Å².